The van der Waals surface area contributed by atoms with Crippen molar-refractivity contribution in [3.05, 3.63) is 12.3 Å². The summed E-state index contributed by atoms with van der Waals surface area (Å²) < 4.78 is 6.37. The lowest BCUT2D eigenvalue weighted by molar-refractivity contribution is 0.0285. The van der Waals surface area contributed by atoms with Gasteiger partial charge in [-0.1, -0.05) is 36.1 Å². The second kappa shape index (κ2) is 2.89. The van der Waals surface area contributed by atoms with Crippen LogP contribution >= 0.6 is 22.6 Å². The molecule has 0 radical (unpaired) electrons. The van der Waals surface area contributed by atoms with Gasteiger partial charge >= 0.3 is 0 Å². The van der Waals surface area contributed by atoms with Crippen LogP contribution in [0.25, 0.3) is 0 Å². The van der Waals surface area contributed by atoms with Crippen molar-refractivity contribution < 1.29 is 4.74 Å². The van der Waals surface area contributed by atoms with Crippen molar-refractivity contribution in [2.24, 2.45) is 5.41 Å². The number of ether oxygens (including phenoxy) is 1. The van der Waals surface area contributed by atoms with Crippen LogP contribution in [0.15, 0.2) is 12.3 Å². The highest BCUT2D eigenvalue weighted by atomic mass is 127. The molecule has 0 aromatic carbocycles. The highest BCUT2D eigenvalue weighted by Crippen LogP contribution is 2.52. The second-order valence-electron chi connectivity index (χ2n) is 4.27. The maximum Gasteiger partial charge on any atom is 0.104 e. The predicted molar refractivity (Wildman–Crippen MR) is 58.4 cm³/mol. The number of allylic oxidation sites excluding steroid dienone is 1. The summed E-state index contributed by atoms with van der Waals surface area (Å²) in [5, 5.41) is 0. The van der Waals surface area contributed by atoms with Crippen LogP contribution in [0.1, 0.15) is 32.6 Å². The molecule has 2 rings (SSSR count). The lowest BCUT2D eigenvalue weighted by atomic mass is 9.94. The smallest absolute Gasteiger partial charge is 0.104 e. The van der Waals surface area contributed by atoms with Crippen LogP contribution in [-0.2, 0) is 4.74 Å². The molecule has 12 heavy (non-hydrogen) atoms. The van der Waals surface area contributed by atoms with Crippen molar-refractivity contribution in [1.82, 2.24) is 0 Å². The van der Waals surface area contributed by atoms with Crippen molar-refractivity contribution in [3.8, 4) is 0 Å². The van der Waals surface area contributed by atoms with E-state index in [1.165, 1.54) is 25.7 Å². The first kappa shape index (κ1) is 8.85. The predicted octanol–water partition coefficient (Wildman–Crippen LogP) is 3.28. The Morgan fingerprint density at radius 2 is 2.17 bits per heavy atom. The lowest BCUT2D eigenvalue weighted by Crippen LogP contribution is -2.30. The van der Waals surface area contributed by atoms with Crippen molar-refractivity contribution in [2.45, 2.75) is 42.6 Å². The van der Waals surface area contributed by atoms with Gasteiger partial charge in [0.25, 0.3) is 0 Å². The first-order valence-electron chi connectivity index (χ1n) is 4.61. The van der Waals surface area contributed by atoms with Gasteiger partial charge in [0.15, 0.2) is 0 Å². The Labute approximate surface area is 87.7 Å². The molecule has 0 spiro atoms. The van der Waals surface area contributed by atoms with Gasteiger partial charge in [-0.15, -0.1) is 0 Å². The molecule has 0 bridgehead atoms. The minimum atomic E-state index is 0.469. The number of rotatable bonds is 1. The fourth-order valence-electron chi connectivity index (χ4n) is 1.78. The van der Waals surface area contributed by atoms with Gasteiger partial charge in [0.2, 0.25) is 0 Å². The van der Waals surface area contributed by atoms with Gasteiger partial charge in [-0.05, 0) is 25.7 Å². The van der Waals surface area contributed by atoms with E-state index in [4.69, 9.17) is 4.74 Å². The maximum absolute atomic E-state index is 5.82. The summed E-state index contributed by atoms with van der Waals surface area (Å²) in [6, 6.07) is 0. The molecule has 0 aromatic rings. The third kappa shape index (κ3) is 1.50. The molecule has 2 aliphatic rings. The Hall–Kier alpha value is 0.270. The first-order valence-corrected chi connectivity index (χ1v) is 5.86. The van der Waals surface area contributed by atoms with Crippen LogP contribution in [0.4, 0.5) is 0 Å². The van der Waals surface area contributed by atoms with Crippen LogP contribution in [0.5, 0.6) is 0 Å². The van der Waals surface area contributed by atoms with Gasteiger partial charge in [0.1, 0.15) is 11.9 Å². The Morgan fingerprint density at radius 1 is 1.50 bits per heavy atom. The summed E-state index contributed by atoms with van der Waals surface area (Å²) in [5.74, 6) is 1.000. The summed E-state index contributed by atoms with van der Waals surface area (Å²) in [4.78, 5) is 0. The topological polar surface area (TPSA) is 9.23 Å². The van der Waals surface area contributed by atoms with Gasteiger partial charge in [-0.25, -0.2) is 0 Å². The minimum Gasteiger partial charge on any atom is -0.494 e. The SMILES string of the molecule is C=C1OC(C2(C)CC2)CCC1I. The van der Waals surface area contributed by atoms with E-state index in [1.807, 2.05) is 0 Å². The summed E-state index contributed by atoms with van der Waals surface area (Å²) in [5.41, 5.74) is 0.500. The molecule has 1 saturated carbocycles. The van der Waals surface area contributed by atoms with Crippen LogP contribution in [0.2, 0.25) is 0 Å². The maximum atomic E-state index is 5.82. The molecule has 2 atom stereocenters. The summed E-state index contributed by atoms with van der Waals surface area (Å²) in [6.07, 6.45) is 5.63. The van der Waals surface area contributed by atoms with Gasteiger partial charge in [-0.3, -0.25) is 0 Å². The Kier molecular flexibility index (Phi) is 2.13. The van der Waals surface area contributed by atoms with Gasteiger partial charge < -0.3 is 4.74 Å². The van der Waals surface area contributed by atoms with Crippen LogP contribution < -0.4 is 0 Å². The zero-order valence-corrected chi connectivity index (χ0v) is 9.63. The van der Waals surface area contributed by atoms with Crippen LogP contribution in [0.3, 0.4) is 0 Å². The number of hydrogen-bond acceptors (Lipinski definition) is 1. The third-order valence-electron chi connectivity index (χ3n) is 3.14. The van der Waals surface area contributed by atoms with Gasteiger partial charge in [-0.2, -0.15) is 0 Å². The molecule has 0 aromatic heterocycles. The molecule has 1 heterocycles. The summed E-state index contributed by atoms with van der Waals surface area (Å²) >= 11 is 2.42. The average molecular weight is 278 g/mol. The molecule has 2 fully saturated rings. The summed E-state index contributed by atoms with van der Waals surface area (Å²) in [7, 11) is 0. The second-order valence-corrected chi connectivity index (χ2v) is 5.78. The average Bonchev–Trinajstić information content (AvgIpc) is 2.75. The Bertz CT molecular complexity index is 208. The number of alkyl halides is 1. The fraction of sp³-hybridized carbons (Fsp3) is 0.800. The molecule has 1 saturated heterocycles. The lowest BCUT2D eigenvalue weighted by Gasteiger charge is -2.32. The third-order valence-corrected chi connectivity index (χ3v) is 4.46. The van der Waals surface area contributed by atoms with E-state index in [-0.39, 0.29) is 0 Å². The van der Waals surface area contributed by atoms with Crippen LogP contribution in [-0.4, -0.2) is 10.0 Å². The largest absolute Gasteiger partial charge is 0.494 e. The Morgan fingerprint density at radius 3 is 2.67 bits per heavy atom. The van der Waals surface area contributed by atoms with E-state index in [0.29, 0.717) is 15.4 Å². The zero-order valence-electron chi connectivity index (χ0n) is 7.48. The van der Waals surface area contributed by atoms with E-state index in [2.05, 4.69) is 36.1 Å². The monoisotopic (exact) mass is 278 g/mol. The first-order chi connectivity index (χ1) is 5.62. The zero-order chi connectivity index (χ0) is 8.77. The quantitative estimate of drug-likeness (QED) is 0.528. The standard InChI is InChI=1S/C10H15IO/c1-7-8(11)3-4-9(12-7)10(2)5-6-10/h8-9H,1,3-6H2,2H3. The van der Waals surface area contributed by atoms with E-state index in [9.17, 15) is 0 Å². The molecule has 2 unspecified atom stereocenters. The van der Waals surface area contributed by atoms with Crippen molar-refractivity contribution >= 4 is 22.6 Å². The van der Waals surface area contributed by atoms with Crippen molar-refractivity contribution in [2.75, 3.05) is 0 Å². The van der Waals surface area contributed by atoms with Gasteiger partial charge in [0.05, 0.1) is 3.92 Å². The van der Waals surface area contributed by atoms with Gasteiger partial charge in [0, 0.05) is 5.41 Å². The van der Waals surface area contributed by atoms with E-state index in [0.717, 1.165) is 5.76 Å². The molecule has 1 aliphatic carbocycles. The molecule has 2 heteroatoms. The van der Waals surface area contributed by atoms with Crippen molar-refractivity contribution in [3.63, 3.8) is 0 Å². The van der Waals surface area contributed by atoms with Crippen molar-refractivity contribution in [1.29, 1.82) is 0 Å². The Balaban J connectivity index is 1.98. The fourth-order valence-corrected chi connectivity index (χ4v) is 2.29. The minimum absolute atomic E-state index is 0.469. The number of hydrogen-bond donors (Lipinski definition) is 0. The molecule has 0 N–H and O–H groups in total. The molecule has 1 aliphatic heterocycles. The highest BCUT2D eigenvalue weighted by molar-refractivity contribution is 14.1. The molecular formula is C10H15IO. The van der Waals surface area contributed by atoms with E-state index < -0.39 is 0 Å². The molecule has 68 valence electrons. The van der Waals surface area contributed by atoms with E-state index in [1.54, 1.807) is 0 Å². The highest BCUT2D eigenvalue weighted by Gasteiger charge is 2.47. The van der Waals surface area contributed by atoms with Crippen LogP contribution in [0, 0.1) is 5.41 Å². The summed E-state index contributed by atoms with van der Waals surface area (Å²) in [6.45, 7) is 6.29. The molecule has 0 amide bonds. The normalized spacial score (nSPS) is 39.0. The molecule has 1 nitrogen and oxygen atoms in total. The number of halogens is 1. The molecular weight excluding hydrogens is 263 g/mol. The van der Waals surface area contributed by atoms with E-state index >= 15 is 0 Å².